The van der Waals surface area contributed by atoms with E-state index in [1.165, 1.54) is 24.3 Å². The number of hydrogen-bond donors (Lipinski definition) is 2. The zero-order valence-electron chi connectivity index (χ0n) is 6.02. The van der Waals surface area contributed by atoms with Crippen LogP contribution in [0.4, 0.5) is 0 Å². The predicted octanol–water partition coefficient (Wildman–Crippen LogP) is -0.482. The molecule has 0 fully saturated rings. The zero-order chi connectivity index (χ0) is 9.14. The van der Waals surface area contributed by atoms with Gasteiger partial charge >= 0.3 is 79.2 Å². The minimum absolute atomic E-state index is 0. The maximum absolute atomic E-state index is 10.3. The van der Waals surface area contributed by atoms with Gasteiger partial charge in [0.2, 0.25) is 0 Å². The second-order valence-electron chi connectivity index (χ2n) is 2.19. The maximum atomic E-state index is 10.3. The number of aromatic carboxylic acids is 2. The summed E-state index contributed by atoms with van der Waals surface area (Å²) >= 11 is 0. The molecular formula is C8H9CaNaO4. The van der Waals surface area contributed by atoms with Gasteiger partial charge in [-0.3, -0.25) is 0 Å². The van der Waals surface area contributed by atoms with E-state index in [0.717, 1.165) is 0 Å². The Bertz CT molecular complexity index is 290. The summed E-state index contributed by atoms with van der Waals surface area (Å²) < 4.78 is 0. The topological polar surface area (TPSA) is 74.6 Å². The number of carboxylic acids is 2. The van der Waals surface area contributed by atoms with E-state index in [4.69, 9.17) is 10.2 Å². The van der Waals surface area contributed by atoms with E-state index in [1.54, 1.807) is 0 Å². The van der Waals surface area contributed by atoms with E-state index in [2.05, 4.69) is 0 Å². The second kappa shape index (κ2) is 7.68. The van der Waals surface area contributed by atoms with E-state index < -0.39 is 11.9 Å². The Morgan fingerprint density at radius 2 is 1.07 bits per heavy atom. The van der Waals surface area contributed by atoms with Crippen LogP contribution in [0.25, 0.3) is 0 Å². The van der Waals surface area contributed by atoms with Gasteiger partial charge in [0.25, 0.3) is 0 Å². The predicted molar refractivity (Wildman–Crippen MR) is 56.1 cm³/mol. The zero-order valence-corrected chi connectivity index (χ0v) is 6.02. The Labute approximate surface area is 133 Å². The first-order valence-electron chi connectivity index (χ1n) is 3.18. The molecule has 0 aliphatic rings. The fourth-order valence-corrected chi connectivity index (χ4v) is 0.755. The SMILES string of the molecule is O=C(O)c1ccc(C(=O)O)cc1.[CaH2].[NaH]. The van der Waals surface area contributed by atoms with E-state index in [1.807, 2.05) is 0 Å². The molecule has 6 heteroatoms. The summed E-state index contributed by atoms with van der Waals surface area (Å²) in [7, 11) is 0. The van der Waals surface area contributed by atoms with Crippen LogP contribution in [0.15, 0.2) is 24.3 Å². The van der Waals surface area contributed by atoms with Gasteiger partial charge in [-0.2, -0.15) is 0 Å². The molecule has 0 aliphatic heterocycles. The molecule has 0 unspecified atom stereocenters. The molecule has 0 spiro atoms. The second-order valence-corrected chi connectivity index (χ2v) is 2.19. The summed E-state index contributed by atoms with van der Waals surface area (Å²) in [6, 6.07) is 5.02. The van der Waals surface area contributed by atoms with E-state index in [0.29, 0.717) is 0 Å². The molecule has 1 aromatic rings. The Morgan fingerprint density at radius 3 is 1.21 bits per heavy atom. The van der Waals surface area contributed by atoms with Gasteiger partial charge in [0.15, 0.2) is 0 Å². The van der Waals surface area contributed by atoms with Crippen LogP contribution in [0.5, 0.6) is 0 Å². The Hall–Kier alpha value is 0.420. The first-order chi connectivity index (χ1) is 5.61. The van der Waals surface area contributed by atoms with Crippen molar-refractivity contribution in [1.82, 2.24) is 0 Å². The molecule has 2 N–H and O–H groups in total. The Morgan fingerprint density at radius 1 is 0.857 bits per heavy atom. The third kappa shape index (κ3) is 4.77. The standard InChI is InChI=1S/C8H6O4.Ca.Na.3H/c9-7(10)5-1-2-6(4-3-5)8(11)12;;;;;/h1-4H,(H,9,10)(H,11,12);;;;;. The average molecular weight is 232 g/mol. The Kier molecular flexibility index (Phi) is 9.23. The average Bonchev–Trinajstić information content (AvgIpc) is 2.04. The quantitative estimate of drug-likeness (QED) is 0.675. The Balaban J connectivity index is 0. The molecule has 68 valence electrons. The van der Waals surface area contributed by atoms with Crippen LogP contribution in [0, 0.1) is 0 Å². The fraction of sp³-hybridized carbons (Fsp3) is 0. The van der Waals surface area contributed by atoms with Gasteiger partial charge in [-0.1, -0.05) is 0 Å². The van der Waals surface area contributed by atoms with Gasteiger partial charge in [-0.15, -0.1) is 0 Å². The van der Waals surface area contributed by atoms with Crippen molar-refractivity contribution in [2.75, 3.05) is 0 Å². The first kappa shape index (κ1) is 16.8. The van der Waals surface area contributed by atoms with E-state index >= 15 is 0 Å². The van der Waals surface area contributed by atoms with Gasteiger partial charge < -0.3 is 10.2 Å². The molecule has 0 saturated carbocycles. The molecule has 0 bridgehead atoms. The van der Waals surface area contributed by atoms with Crippen molar-refractivity contribution >= 4 is 79.2 Å². The van der Waals surface area contributed by atoms with Crippen LogP contribution in [-0.2, 0) is 0 Å². The first-order valence-corrected chi connectivity index (χ1v) is 3.18. The molecule has 0 aliphatic carbocycles. The van der Waals surface area contributed by atoms with Gasteiger partial charge in [-0.05, 0) is 24.3 Å². The van der Waals surface area contributed by atoms with Crippen molar-refractivity contribution in [2.45, 2.75) is 0 Å². The third-order valence-electron chi connectivity index (χ3n) is 1.38. The van der Waals surface area contributed by atoms with Crippen LogP contribution in [0.1, 0.15) is 20.7 Å². The van der Waals surface area contributed by atoms with Gasteiger partial charge in [0.05, 0.1) is 11.1 Å². The summed E-state index contributed by atoms with van der Waals surface area (Å²) in [6.45, 7) is 0. The number of carboxylic acid groups (broad SMARTS) is 2. The molecule has 0 saturated heterocycles. The number of rotatable bonds is 2. The molecule has 4 nitrogen and oxygen atoms in total. The van der Waals surface area contributed by atoms with Gasteiger partial charge in [-0.25, -0.2) is 9.59 Å². The van der Waals surface area contributed by atoms with Crippen molar-refractivity contribution in [3.8, 4) is 0 Å². The van der Waals surface area contributed by atoms with Crippen molar-refractivity contribution in [1.29, 1.82) is 0 Å². The molecular weight excluding hydrogens is 223 g/mol. The normalized spacial score (nSPS) is 8.00. The molecule has 0 atom stereocenters. The molecule has 1 aromatic carbocycles. The van der Waals surface area contributed by atoms with Crippen molar-refractivity contribution < 1.29 is 19.8 Å². The molecule has 14 heavy (non-hydrogen) atoms. The van der Waals surface area contributed by atoms with Gasteiger partial charge in [0, 0.05) is 0 Å². The summed E-state index contributed by atoms with van der Waals surface area (Å²) in [5.41, 5.74) is 0.167. The van der Waals surface area contributed by atoms with Crippen LogP contribution >= 0.6 is 0 Å². The summed E-state index contributed by atoms with van der Waals surface area (Å²) in [5.74, 6) is -2.13. The molecule has 1 rings (SSSR count). The monoisotopic (exact) mass is 232 g/mol. The minimum atomic E-state index is -1.06. The summed E-state index contributed by atoms with van der Waals surface area (Å²) in [4.78, 5) is 20.7. The fourth-order valence-electron chi connectivity index (χ4n) is 0.755. The number of hydrogen-bond acceptors (Lipinski definition) is 2. The summed E-state index contributed by atoms with van der Waals surface area (Å²) in [5, 5.41) is 16.9. The molecule has 0 radical (unpaired) electrons. The number of benzene rings is 1. The van der Waals surface area contributed by atoms with Crippen LogP contribution < -0.4 is 0 Å². The van der Waals surface area contributed by atoms with E-state index in [-0.39, 0.29) is 78.4 Å². The number of carbonyl (C=O) groups is 2. The molecule has 0 amide bonds. The summed E-state index contributed by atoms with van der Waals surface area (Å²) in [6.07, 6.45) is 0. The van der Waals surface area contributed by atoms with Gasteiger partial charge in [0.1, 0.15) is 0 Å². The van der Waals surface area contributed by atoms with Crippen molar-refractivity contribution in [3.63, 3.8) is 0 Å². The van der Waals surface area contributed by atoms with E-state index in [9.17, 15) is 9.59 Å². The van der Waals surface area contributed by atoms with Crippen molar-refractivity contribution in [3.05, 3.63) is 35.4 Å². The molecule has 0 aromatic heterocycles. The van der Waals surface area contributed by atoms with Crippen LogP contribution in [-0.4, -0.2) is 89.4 Å². The van der Waals surface area contributed by atoms with Crippen molar-refractivity contribution in [2.24, 2.45) is 0 Å². The van der Waals surface area contributed by atoms with Crippen LogP contribution in [0.2, 0.25) is 0 Å². The molecule has 0 heterocycles. The van der Waals surface area contributed by atoms with Crippen LogP contribution in [0.3, 0.4) is 0 Å². The third-order valence-corrected chi connectivity index (χ3v) is 1.38.